The summed E-state index contributed by atoms with van der Waals surface area (Å²) in [5.41, 5.74) is 6.86. The summed E-state index contributed by atoms with van der Waals surface area (Å²) < 4.78 is 21.4. The van der Waals surface area contributed by atoms with Crippen molar-refractivity contribution in [2.75, 3.05) is 14.2 Å². The van der Waals surface area contributed by atoms with Gasteiger partial charge in [-0.2, -0.15) is 5.26 Å². The number of ether oxygens (including phenoxy) is 4. The minimum absolute atomic E-state index is 0.0317. The summed E-state index contributed by atoms with van der Waals surface area (Å²) in [5, 5.41) is 9.55. The van der Waals surface area contributed by atoms with Crippen molar-refractivity contribution in [3.8, 4) is 17.6 Å². The lowest BCUT2D eigenvalue weighted by atomic mass is 9.83. The Morgan fingerprint density at radius 3 is 2.54 bits per heavy atom. The van der Waals surface area contributed by atoms with Gasteiger partial charge in [0, 0.05) is 0 Å². The van der Waals surface area contributed by atoms with Crippen LogP contribution in [0.1, 0.15) is 32.3 Å². The number of hydrogen-bond acceptors (Lipinski definition) is 7. The maximum Gasteiger partial charge on any atom is 0.338 e. The predicted octanol–water partition coefficient (Wildman–Crippen LogP) is 2.74. The number of methoxy groups -OCH3 is 2. The molecule has 0 saturated heterocycles. The Morgan fingerprint density at radius 1 is 1.31 bits per heavy atom. The molecule has 0 bridgehead atoms. The lowest BCUT2D eigenvalue weighted by Gasteiger charge is -2.27. The summed E-state index contributed by atoms with van der Waals surface area (Å²) in [6.45, 7) is 5.42. The smallest absolute Gasteiger partial charge is 0.338 e. The van der Waals surface area contributed by atoms with Crippen molar-refractivity contribution in [3.63, 3.8) is 0 Å². The van der Waals surface area contributed by atoms with Crippen LogP contribution in [0.25, 0.3) is 0 Å². The van der Waals surface area contributed by atoms with Crippen LogP contribution in [-0.4, -0.2) is 26.3 Å². The lowest BCUT2D eigenvalue weighted by molar-refractivity contribution is -0.136. The van der Waals surface area contributed by atoms with Crippen LogP contribution in [0.2, 0.25) is 0 Å². The Morgan fingerprint density at radius 2 is 2.00 bits per heavy atom. The first-order valence-corrected chi connectivity index (χ1v) is 8.05. The van der Waals surface area contributed by atoms with E-state index in [4.69, 9.17) is 24.7 Å². The number of esters is 1. The number of carbonyl (C=O) groups is 1. The molecular weight excluding hydrogens is 336 g/mol. The number of allylic oxidation sites excluding steroid dienone is 2. The molecule has 1 aliphatic rings. The minimum Gasteiger partial charge on any atom is -0.493 e. The van der Waals surface area contributed by atoms with Crippen molar-refractivity contribution in [1.82, 2.24) is 0 Å². The molecule has 1 heterocycles. The van der Waals surface area contributed by atoms with Crippen LogP contribution in [0.4, 0.5) is 0 Å². The zero-order valence-corrected chi connectivity index (χ0v) is 15.5. The number of benzene rings is 1. The van der Waals surface area contributed by atoms with Gasteiger partial charge in [-0.3, -0.25) is 0 Å². The third-order valence-electron chi connectivity index (χ3n) is 3.89. The molecule has 138 valence electrons. The molecule has 1 aliphatic heterocycles. The number of nitrogens with zero attached hydrogens (tertiary/aromatic N) is 1. The van der Waals surface area contributed by atoms with Gasteiger partial charge in [-0.25, -0.2) is 4.79 Å². The summed E-state index contributed by atoms with van der Waals surface area (Å²) in [5.74, 6) is -0.00381. The lowest BCUT2D eigenvalue weighted by Crippen LogP contribution is -2.25. The second-order valence-electron chi connectivity index (χ2n) is 5.96. The number of rotatable bonds is 5. The zero-order chi connectivity index (χ0) is 19.4. The monoisotopic (exact) mass is 358 g/mol. The summed E-state index contributed by atoms with van der Waals surface area (Å²) in [7, 11) is 2.79. The van der Waals surface area contributed by atoms with Crippen LogP contribution in [0, 0.1) is 11.3 Å². The van der Waals surface area contributed by atoms with Crippen molar-refractivity contribution in [2.45, 2.75) is 32.8 Å². The van der Waals surface area contributed by atoms with Crippen molar-refractivity contribution in [2.24, 2.45) is 5.73 Å². The molecule has 0 amide bonds. The van der Waals surface area contributed by atoms with Gasteiger partial charge in [0.05, 0.1) is 31.8 Å². The van der Waals surface area contributed by atoms with Crippen LogP contribution in [0.3, 0.4) is 0 Å². The predicted molar refractivity (Wildman–Crippen MR) is 94.1 cm³/mol. The molecule has 1 atom stereocenters. The van der Waals surface area contributed by atoms with Gasteiger partial charge in [0.2, 0.25) is 5.88 Å². The third kappa shape index (κ3) is 3.59. The van der Waals surface area contributed by atoms with Gasteiger partial charge >= 0.3 is 5.97 Å². The molecule has 26 heavy (non-hydrogen) atoms. The summed E-state index contributed by atoms with van der Waals surface area (Å²) in [6, 6.07) is 7.24. The Balaban J connectivity index is 2.62. The van der Waals surface area contributed by atoms with Crippen LogP contribution in [0.5, 0.6) is 11.5 Å². The molecule has 0 aromatic heterocycles. The van der Waals surface area contributed by atoms with Crippen LogP contribution >= 0.6 is 0 Å². The summed E-state index contributed by atoms with van der Waals surface area (Å²) >= 11 is 0. The number of nitrogens with two attached hydrogens (primary N) is 1. The van der Waals surface area contributed by atoms with Crippen molar-refractivity contribution in [1.29, 1.82) is 5.26 Å². The van der Waals surface area contributed by atoms with E-state index in [2.05, 4.69) is 0 Å². The fraction of sp³-hybridized carbons (Fsp3) is 0.368. The van der Waals surface area contributed by atoms with Crippen molar-refractivity contribution < 1.29 is 23.7 Å². The van der Waals surface area contributed by atoms with Crippen LogP contribution < -0.4 is 15.2 Å². The molecule has 2 rings (SSSR count). The number of carbonyl (C=O) groups excluding carboxylic acids is 1. The zero-order valence-electron chi connectivity index (χ0n) is 15.5. The van der Waals surface area contributed by atoms with Crippen molar-refractivity contribution >= 4 is 5.97 Å². The van der Waals surface area contributed by atoms with E-state index in [-0.39, 0.29) is 23.1 Å². The van der Waals surface area contributed by atoms with Gasteiger partial charge < -0.3 is 24.7 Å². The van der Waals surface area contributed by atoms with E-state index in [1.165, 1.54) is 14.2 Å². The molecular formula is C19H22N2O5. The highest BCUT2D eigenvalue weighted by Crippen LogP contribution is 2.42. The number of hydrogen-bond donors (Lipinski definition) is 1. The van der Waals surface area contributed by atoms with E-state index in [0.29, 0.717) is 22.8 Å². The average molecular weight is 358 g/mol. The molecule has 1 aromatic carbocycles. The van der Waals surface area contributed by atoms with E-state index in [0.717, 1.165) is 0 Å². The van der Waals surface area contributed by atoms with Gasteiger partial charge in [0.15, 0.2) is 11.5 Å². The normalized spacial score (nSPS) is 16.9. The molecule has 7 heteroatoms. The Labute approximate surface area is 152 Å². The molecule has 1 unspecified atom stereocenters. The molecule has 0 aliphatic carbocycles. The molecule has 1 aromatic rings. The highest BCUT2D eigenvalue weighted by molar-refractivity contribution is 5.92. The largest absolute Gasteiger partial charge is 0.493 e. The second-order valence-corrected chi connectivity index (χ2v) is 5.96. The molecule has 0 radical (unpaired) electrons. The number of nitriles is 1. The van der Waals surface area contributed by atoms with E-state index in [1.807, 2.05) is 19.9 Å². The minimum atomic E-state index is -0.719. The highest BCUT2D eigenvalue weighted by atomic mass is 16.5. The van der Waals surface area contributed by atoms with E-state index in [1.54, 1.807) is 25.1 Å². The van der Waals surface area contributed by atoms with Gasteiger partial charge in [0.25, 0.3) is 0 Å². The van der Waals surface area contributed by atoms with Gasteiger partial charge in [-0.1, -0.05) is 6.07 Å². The quantitative estimate of drug-likeness (QED) is 0.807. The maximum atomic E-state index is 12.3. The molecule has 0 fully saturated rings. The maximum absolute atomic E-state index is 12.3. The molecule has 7 nitrogen and oxygen atoms in total. The first-order valence-electron chi connectivity index (χ1n) is 8.05. The SMILES string of the molecule is COC(=O)C1=C(C)OC(N)=C(C#N)C1c1ccc(OC(C)C)c(OC)c1. The third-order valence-corrected chi connectivity index (χ3v) is 3.89. The average Bonchev–Trinajstić information content (AvgIpc) is 2.60. The standard InChI is InChI=1S/C19H22N2O5/c1-10(2)25-14-7-6-12(8-15(14)23-4)17-13(9-20)18(21)26-11(3)16(17)19(22)24-5/h6-8,10,17H,21H2,1-5H3. The van der Waals surface area contributed by atoms with Crippen LogP contribution in [-0.2, 0) is 14.3 Å². The molecule has 0 saturated carbocycles. The molecule has 2 N–H and O–H groups in total. The fourth-order valence-electron chi connectivity index (χ4n) is 2.80. The molecule has 0 spiro atoms. The summed E-state index contributed by atoms with van der Waals surface area (Å²) in [6.07, 6.45) is -0.0317. The van der Waals surface area contributed by atoms with Gasteiger partial charge in [0.1, 0.15) is 17.4 Å². The first kappa shape index (κ1) is 19.2. The van der Waals surface area contributed by atoms with E-state index in [9.17, 15) is 10.1 Å². The Kier molecular flexibility index (Phi) is 5.78. The first-order chi connectivity index (χ1) is 12.3. The summed E-state index contributed by atoms with van der Waals surface area (Å²) in [4.78, 5) is 12.3. The second kappa shape index (κ2) is 7.83. The van der Waals surface area contributed by atoms with Crippen molar-refractivity contribution in [3.05, 3.63) is 46.6 Å². The van der Waals surface area contributed by atoms with E-state index >= 15 is 0 Å². The topological polar surface area (TPSA) is 104 Å². The van der Waals surface area contributed by atoms with Crippen LogP contribution in [0.15, 0.2) is 41.0 Å². The Bertz CT molecular complexity index is 818. The van der Waals surface area contributed by atoms with Gasteiger partial charge in [-0.05, 0) is 38.5 Å². The Hall–Kier alpha value is -3.14. The van der Waals surface area contributed by atoms with E-state index < -0.39 is 11.9 Å². The highest BCUT2D eigenvalue weighted by Gasteiger charge is 2.36. The van der Waals surface area contributed by atoms with Gasteiger partial charge in [-0.15, -0.1) is 0 Å². The fourth-order valence-corrected chi connectivity index (χ4v) is 2.80.